The summed E-state index contributed by atoms with van der Waals surface area (Å²) in [6.07, 6.45) is 0.637. The van der Waals surface area contributed by atoms with Crippen molar-refractivity contribution in [3.8, 4) is 0 Å². The molecule has 0 bridgehead atoms. The predicted molar refractivity (Wildman–Crippen MR) is 67.0 cm³/mol. The highest BCUT2D eigenvalue weighted by Gasteiger charge is 2.21. The molecule has 0 fully saturated rings. The predicted octanol–water partition coefficient (Wildman–Crippen LogP) is 3.58. The maximum Gasteiger partial charge on any atom is 0.106 e. The molecular formula is C12H16Cl2O2. The van der Waals surface area contributed by atoms with E-state index >= 15 is 0 Å². The lowest BCUT2D eigenvalue weighted by molar-refractivity contribution is 0.0123. The monoisotopic (exact) mass is 262 g/mol. The molecule has 1 unspecified atom stereocenters. The second-order valence-electron chi connectivity index (χ2n) is 3.80. The summed E-state index contributed by atoms with van der Waals surface area (Å²) in [6, 6.07) is 5.03. The Hall–Kier alpha value is -0.280. The van der Waals surface area contributed by atoms with E-state index in [0.717, 1.165) is 12.8 Å². The Labute approximate surface area is 106 Å². The SMILES string of the molecule is CCCCC(O)[C@@H](O)c1cccc(Cl)c1Cl. The standard InChI is InChI=1S/C12H16Cl2O2/c1-2-3-7-10(15)12(16)8-5-4-6-9(13)11(8)14/h4-6,10,12,15-16H,2-3,7H2,1H3/t10?,12-/m0/s1. The van der Waals surface area contributed by atoms with Gasteiger partial charge in [-0.2, -0.15) is 0 Å². The summed E-state index contributed by atoms with van der Waals surface area (Å²) in [7, 11) is 0. The zero-order valence-electron chi connectivity index (χ0n) is 9.16. The first-order valence-electron chi connectivity index (χ1n) is 5.38. The van der Waals surface area contributed by atoms with Gasteiger partial charge in [-0.05, 0) is 12.5 Å². The second kappa shape index (κ2) is 6.45. The molecule has 2 atom stereocenters. The zero-order valence-corrected chi connectivity index (χ0v) is 10.7. The van der Waals surface area contributed by atoms with Crippen LogP contribution in [0.4, 0.5) is 0 Å². The van der Waals surface area contributed by atoms with Crippen LogP contribution >= 0.6 is 23.2 Å². The van der Waals surface area contributed by atoms with Gasteiger partial charge < -0.3 is 10.2 Å². The molecule has 0 amide bonds. The van der Waals surface area contributed by atoms with E-state index in [9.17, 15) is 10.2 Å². The molecule has 0 saturated heterocycles. The van der Waals surface area contributed by atoms with Gasteiger partial charge >= 0.3 is 0 Å². The lowest BCUT2D eigenvalue weighted by Gasteiger charge is -2.19. The average Bonchev–Trinajstić information content (AvgIpc) is 2.28. The van der Waals surface area contributed by atoms with Crippen LogP contribution in [0.15, 0.2) is 18.2 Å². The third-order valence-electron chi connectivity index (χ3n) is 2.52. The minimum absolute atomic E-state index is 0.312. The fraction of sp³-hybridized carbons (Fsp3) is 0.500. The highest BCUT2D eigenvalue weighted by atomic mass is 35.5. The largest absolute Gasteiger partial charge is 0.390 e. The first-order valence-corrected chi connectivity index (χ1v) is 6.13. The number of halogens is 2. The Morgan fingerprint density at radius 2 is 1.94 bits per heavy atom. The summed E-state index contributed by atoms with van der Waals surface area (Å²) < 4.78 is 0. The Bertz CT molecular complexity index is 342. The third kappa shape index (κ3) is 3.36. The number of aliphatic hydroxyl groups excluding tert-OH is 2. The molecule has 1 aromatic rings. The van der Waals surface area contributed by atoms with Gasteiger partial charge in [0.1, 0.15) is 6.10 Å². The highest BCUT2D eigenvalue weighted by Crippen LogP contribution is 2.32. The van der Waals surface area contributed by atoms with Crippen molar-refractivity contribution in [3.63, 3.8) is 0 Å². The molecule has 4 heteroatoms. The highest BCUT2D eigenvalue weighted by molar-refractivity contribution is 6.42. The van der Waals surface area contributed by atoms with Crippen LogP contribution in [0.2, 0.25) is 10.0 Å². The van der Waals surface area contributed by atoms with E-state index in [0.29, 0.717) is 22.0 Å². The molecule has 0 radical (unpaired) electrons. The molecule has 0 heterocycles. The quantitative estimate of drug-likeness (QED) is 0.852. The van der Waals surface area contributed by atoms with E-state index in [4.69, 9.17) is 23.2 Å². The summed E-state index contributed by atoms with van der Waals surface area (Å²) in [5, 5.41) is 20.4. The first-order chi connectivity index (χ1) is 7.57. The third-order valence-corrected chi connectivity index (χ3v) is 3.35. The molecule has 0 aromatic heterocycles. The fourth-order valence-electron chi connectivity index (χ4n) is 1.53. The van der Waals surface area contributed by atoms with Crippen molar-refractivity contribution in [2.75, 3.05) is 0 Å². The molecular weight excluding hydrogens is 247 g/mol. The van der Waals surface area contributed by atoms with Crippen molar-refractivity contribution in [1.82, 2.24) is 0 Å². The molecule has 0 aliphatic rings. The summed E-state index contributed by atoms with van der Waals surface area (Å²) >= 11 is 11.8. The first kappa shape index (κ1) is 13.8. The van der Waals surface area contributed by atoms with E-state index in [1.54, 1.807) is 18.2 Å². The molecule has 0 saturated carbocycles. The van der Waals surface area contributed by atoms with Gasteiger partial charge in [0.25, 0.3) is 0 Å². The van der Waals surface area contributed by atoms with E-state index < -0.39 is 12.2 Å². The number of benzene rings is 1. The maximum atomic E-state index is 9.93. The lowest BCUT2D eigenvalue weighted by Crippen LogP contribution is -2.18. The number of hydrogen-bond acceptors (Lipinski definition) is 2. The van der Waals surface area contributed by atoms with Gasteiger partial charge in [-0.1, -0.05) is 55.1 Å². The van der Waals surface area contributed by atoms with Gasteiger partial charge in [0.2, 0.25) is 0 Å². The summed E-state index contributed by atoms with van der Waals surface area (Å²) in [5.41, 5.74) is 0.484. The fourth-order valence-corrected chi connectivity index (χ4v) is 1.95. The van der Waals surface area contributed by atoms with Crippen molar-refractivity contribution in [2.24, 2.45) is 0 Å². The van der Waals surface area contributed by atoms with E-state index in [2.05, 4.69) is 0 Å². The Kier molecular flexibility index (Phi) is 5.56. The van der Waals surface area contributed by atoms with Crippen LogP contribution in [-0.4, -0.2) is 16.3 Å². The van der Waals surface area contributed by atoms with Crippen LogP contribution in [0.5, 0.6) is 0 Å². The van der Waals surface area contributed by atoms with Crippen LogP contribution in [-0.2, 0) is 0 Å². The van der Waals surface area contributed by atoms with Crippen LogP contribution in [0.3, 0.4) is 0 Å². The minimum atomic E-state index is -0.974. The molecule has 2 N–H and O–H groups in total. The smallest absolute Gasteiger partial charge is 0.106 e. The van der Waals surface area contributed by atoms with Crippen LogP contribution in [0.1, 0.15) is 37.9 Å². The summed E-state index contributed by atoms with van der Waals surface area (Å²) in [4.78, 5) is 0. The normalized spacial score (nSPS) is 14.8. The topological polar surface area (TPSA) is 40.5 Å². The minimum Gasteiger partial charge on any atom is -0.390 e. The van der Waals surface area contributed by atoms with E-state index in [1.807, 2.05) is 6.92 Å². The number of aliphatic hydroxyl groups is 2. The molecule has 0 aliphatic carbocycles. The van der Waals surface area contributed by atoms with Crippen molar-refractivity contribution in [1.29, 1.82) is 0 Å². The van der Waals surface area contributed by atoms with Gasteiger partial charge in [-0.25, -0.2) is 0 Å². The van der Waals surface area contributed by atoms with Gasteiger partial charge in [0, 0.05) is 5.56 Å². The van der Waals surface area contributed by atoms with Crippen molar-refractivity contribution >= 4 is 23.2 Å². The van der Waals surface area contributed by atoms with Crippen LogP contribution in [0, 0.1) is 0 Å². The molecule has 0 spiro atoms. The maximum absolute atomic E-state index is 9.93. The van der Waals surface area contributed by atoms with Crippen molar-refractivity contribution in [3.05, 3.63) is 33.8 Å². The molecule has 90 valence electrons. The average molecular weight is 263 g/mol. The van der Waals surface area contributed by atoms with Crippen LogP contribution < -0.4 is 0 Å². The lowest BCUT2D eigenvalue weighted by atomic mass is 10.0. The number of unbranched alkanes of at least 4 members (excludes halogenated alkanes) is 1. The number of hydrogen-bond donors (Lipinski definition) is 2. The summed E-state index contributed by atoms with van der Waals surface area (Å²) in [6.45, 7) is 2.03. The van der Waals surface area contributed by atoms with Gasteiger partial charge in [-0.3, -0.25) is 0 Å². The Balaban J connectivity index is 2.79. The number of rotatable bonds is 5. The van der Waals surface area contributed by atoms with E-state index in [-0.39, 0.29) is 0 Å². The zero-order chi connectivity index (χ0) is 12.1. The Morgan fingerprint density at radius 3 is 2.56 bits per heavy atom. The summed E-state index contributed by atoms with van der Waals surface area (Å²) in [5.74, 6) is 0. The molecule has 0 aliphatic heterocycles. The second-order valence-corrected chi connectivity index (χ2v) is 4.58. The molecule has 1 rings (SSSR count). The molecule has 2 nitrogen and oxygen atoms in total. The Morgan fingerprint density at radius 1 is 1.25 bits per heavy atom. The van der Waals surface area contributed by atoms with Gasteiger partial charge in [0.15, 0.2) is 0 Å². The molecule has 16 heavy (non-hydrogen) atoms. The van der Waals surface area contributed by atoms with Crippen LogP contribution in [0.25, 0.3) is 0 Å². The van der Waals surface area contributed by atoms with Gasteiger partial charge in [-0.15, -0.1) is 0 Å². The van der Waals surface area contributed by atoms with Crippen molar-refractivity contribution < 1.29 is 10.2 Å². The molecule has 1 aromatic carbocycles. The van der Waals surface area contributed by atoms with Gasteiger partial charge in [0.05, 0.1) is 16.1 Å². The van der Waals surface area contributed by atoms with Crippen molar-refractivity contribution in [2.45, 2.75) is 38.4 Å². The van der Waals surface area contributed by atoms with E-state index in [1.165, 1.54) is 0 Å².